The molecule has 6 nitrogen and oxygen atoms in total. The van der Waals surface area contributed by atoms with Crippen molar-refractivity contribution in [3.63, 3.8) is 0 Å². The first kappa shape index (κ1) is 14.9. The number of hydrogen-bond acceptors (Lipinski definition) is 5. The van der Waals surface area contributed by atoms with E-state index in [1.807, 2.05) is 6.92 Å². The number of carbonyl (C=O) groups excluding carboxylic acids is 1. The molecular formula is C13H21N5OS. The minimum absolute atomic E-state index is 0.00906. The Morgan fingerprint density at radius 2 is 2.45 bits per heavy atom. The van der Waals surface area contributed by atoms with Gasteiger partial charge in [0.15, 0.2) is 0 Å². The highest BCUT2D eigenvalue weighted by molar-refractivity contribution is 8.00. The van der Waals surface area contributed by atoms with Crippen molar-refractivity contribution >= 4 is 23.6 Å². The zero-order valence-electron chi connectivity index (χ0n) is 11.7. The Morgan fingerprint density at radius 1 is 1.60 bits per heavy atom. The molecule has 0 radical (unpaired) electrons. The number of nitrogens with zero attached hydrogens (tertiary/aromatic N) is 2. The Bertz CT molecular complexity index is 485. The standard InChI is InChI=1S/C13H21N5OS/c1-9(20-13-16-12(14)17-18-13)11(19)15-8-7-10-5-3-2-4-6-10/h5,9H,2-4,6-8H2,1H3,(H,15,19)(H3,14,16,17,18)/t9-/m1/s1. The summed E-state index contributed by atoms with van der Waals surface area (Å²) in [5.41, 5.74) is 6.91. The maximum atomic E-state index is 11.9. The van der Waals surface area contributed by atoms with Gasteiger partial charge in [0.25, 0.3) is 0 Å². The number of nitrogen functional groups attached to an aromatic ring is 1. The largest absolute Gasteiger partial charge is 0.368 e. The van der Waals surface area contributed by atoms with Crippen molar-refractivity contribution in [2.45, 2.75) is 49.4 Å². The Kier molecular flexibility index (Phi) is 5.46. The van der Waals surface area contributed by atoms with Crippen LogP contribution in [0.15, 0.2) is 16.8 Å². The van der Waals surface area contributed by atoms with E-state index in [1.54, 1.807) is 0 Å². The molecule has 0 fully saturated rings. The van der Waals surface area contributed by atoms with Gasteiger partial charge in [-0.25, -0.2) is 5.10 Å². The average molecular weight is 295 g/mol. The lowest BCUT2D eigenvalue weighted by molar-refractivity contribution is -0.120. The second kappa shape index (κ2) is 7.33. The number of thioether (sulfide) groups is 1. The predicted octanol–water partition coefficient (Wildman–Crippen LogP) is 1.87. The van der Waals surface area contributed by atoms with Crippen LogP contribution in [0.2, 0.25) is 0 Å². The highest BCUT2D eigenvalue weighted by atomic mass is 32.2. The van der Waals surface area contributed by atoms with Crippen LogP contribution in [-0.4, -0.2) is 32.9 Å². The fourth-order valence-corrected chi connectivity index (χ4v) is 2.90. The molecule has 0 saturated heterocycles. The van der Waals surface area contributed by atoms with Gasteiger partial charge in [-0.1, -0.05) is 23.4 Å². The quantitative estimate of drug-likeness (QED) is 0.550. The number of amides is 1. The third kappa shape index (κ3) is 4.56. The van der Waals surface area contributed by atoms with Crippen molar-refractivity contribution < 1.29 is 4.79 Å². The summed E-state index contributed by atoms with van der Waals surface area (Å²) in [6, 6.07) is 0. The topological polar surface area (TPSA) is 96.7 Å². The van der Waals surface area contributed by atoms with Gasteiger partial charge in [-0.05, 0) is 39.0 Å². The molecule has 7 heteroatoms. The number of aromatic nitrogens is 3. The SMILES string of the molecule is C[C@@H](Sc1n[nH]c(N)n1)C(=O)NCCC1=CCCCC1. The summed E-state index contributed by atoms with van der Waals surface area (Å²) < 4.78 is 0. The molecule has 1 atom stereocenters. The van der Waals surface area contributed by atoms with Crippen LogP contribution in [-0.2, 0) is 4.79 Å². The third-order valence-corrected chi connectivity index (χ3v) is 4.22. The van der Waals surface area contributed by atoms with Gasteiger partial charge in [0.1, 0.15) is 0 Å². The van der Waals surface area contributed by atoms with Crippen molar-refractivity contribution in [3.05, 3.63) is 11.6 Å². The van der Waals surface area contributed by atoms with E-state index in [0.29, 0.717) is 11.7 Å². The van der Waals surface area contributed by atoms with Crippen LogP contribution in [0.25, 0.3) is 0 Å². The lowest BCUT2D eigenvalue weighted by Gasteiger charge is -2.14. The van der Waals surface area contributed by atoms with E-state index in [1.165, 1.54) is 43.0 Å². The van der Waals surface area contributed by atoms with Gasteiger partial charge in [0.2, 0.25) is 17.0 Å². The fraction of sp³-hybridized carbons (Fsp3) is 0.615. The molecular weight excluding hydrogens is 274 g/mol. The lowest BCUT2D eigenvalue weighted by atomic mass is 9.97. The van der Waals surface area contributed by atoms with Crippen LogP contribution in [0.3, 0.4) is 0 Å². The molecule has 2 rings (SSSR count). The number of rotatable bonds is 6. The van der Waals surface area contributed by atoms with Crippen LogP contribution in [0.1, 0.15) is 39.0 Å². The smallest absolute Gasteiger partial charge is 0.233 e. The van der Waals surface area contributed by atoms with E-state index >= 15 is 0 Å². The Labute approximate surface area is 123 Å². The molecule has 20 heavy (non-hydrogen) atoms. The van der Waals surface area contributed by atoms with E-state index in [4.69, 9.17) is 5.73 Å². The number of H-pyrrole nitrogens is 1. The first-order chi connectivity index (χ1) is 9.65. The second-order valence-electron chi connectivity index (χ2n) is 4.91. The molecule has 0 aliphatic heterocycles. The van der Waals surface area contributed by atoms with Crippen molar-refractivity contribution in [1.82, 2.24) is 20.5 Å². The monoisotopic (exact) mass is 295 g/mol. The highest BCUT2D eigenvalue weighted by Gasteiger charge is 2.16. The van der Waals surface area contributed by atoms with Gasteiger partial charge < -0.3 is 11.1 Å². The van der Waals surface area contributed by atoms with Crippen molar-refractivity contribution in [2.24, 2.45) is 0 Å². The minimum atomic E-state index is -0.231. The van der Waals surface area contributed by atoms with E-state index in [-0.39, 0.29) is 17.1 Å². The van der Waals surface area contributed by atoms with Gasteiger partial charge in [-0.15, -0.1) is 5.10 Å². The van der Waals surface area contributed by atoms with E-state index in [0.717, 1.165) is 6.42 Å². The molecule has 1 aliphatic carbocycles. The Hall–Kier alpha value is -1.50. The van der Waals surface area contributed by atoms with Crippen molar-refractivity contribution in [1.29, 1.82) is 0 Å². The first-order valence-electron chi connectivity index (χ1n) is 6.95. The van der Waals surface area contributed by atoms with Crippen LogP contribution in [0.5, 0.6) is 0 Å². The highest BCUT2D eigenvalue weighted by Crippen LogP contribution is 2.21. The second-order valence-corrected chi connectivity index (χ2v) is 6.22. The molecule has 1 heterocycles. The lowest BCUT2D eigenvalue weighted by Crippen LogP contribution is -2.32. The number of carbonyl (C=O) groups is 1. The van der Waals surface area contributed by atoms with Crippen LogP contribution < -0.4 is 11.1 Å². The number of nitrogens with one attached hydrogen (secondary N) is 2. The summed E-state index contributed by atoms with van der Waals surface area (Å²) in [6.07, 6.45) is 8.20. The number of aromatic amines is 1. The maximum absolute atomic E-state index is 11.9. The Balaban J connectivity index is 1.69. The summed E-state index contributed by atoms with van der Waals surface area (Å²) in [4.78, 5) is 15.9. The molecule has 1 aliphatic rings. The summed E-state index contributed by atoms with van der Waals surface area (Å²) >= 11 is 1.30. The van der Waals surface area contributed by atoms with Gasteiger partial charge in [-0.2, -0.15) is 4.98 Å². The molecule has 110 valence electrons. The molecule has 0 bridgehead atoms. The van der Waals surface area contributed by atoms with Gasteiger partial charge in [0, 0.05) is 6.54 Å². The van der Waals surface area contributed by atoms with Crippen LogP contribution in [0.4, 0.5) is 5.95 Å². The van der Waals surface area contributed by atoms with Crippen molar-refractivity contribution in [3.8, 4) is 0 Å². The number of hydrogen-bond donors (Lipinski definition) is 3. The number of nitrogens with two attached hydrogens (primary N) is 1. The van der Waals surface area contributed by atoms with Crippen LogP contribution in [0, 0.1) is 0 Å². The molecule has 0 aromatic carbocycles. The fourth-order valence-electron chi connectivity index (χ4n) is 2.14. The number of anilines is 1. The van der Waals surface area contributed by atoms with E-state index < -0.39 is 0 Å². The first-order valence-corrected chi connectivity index (χ1v) is 7.83. The van der Waals surface area contributed by atoms with E-state index in [9.17, 15) is 4.79 Å². The normalized spacial score (nSPS) is 16.6. The van der Waals surface area contributed by atoms with Gasteiger partial charge in [-0.3, -0.25) is 4.79 Å². The minimum Gasteiger partial charge on any atom is -0.368 e. The molecule has 0 spiro atoms. The maximum Gasteiger partial charge on any atom is 0.233 e. The molecule has 1 aromatic rings. The van der Waals surface area contributed by atoms with Gasteiger partial charge >= 0.3 is 0 Å². The predicted molar refractivity (Wildman–Crippen MR) is 80.3 cm³/mol. The zero-order chi connectivity index (χ0) is 14.4. The summed E-state index contributed by atoms with van der Waals surface area (Å²) in [5, 5.41) is 9.69. The molecule has 1 aromatic heterocycles. The molecule has 0 unspecified atom stereocenters. The zero-order valence-corrected chi connectivity index (χ0v) is 12.5. The molecule has 0 saturated carbocycles. The van der Waals surface area contributed by atoms with Gasteiger partial charge in [0.05, 0.1) is 5.25 Å². The average Bonchev–Trinajstić information content (AvgIpc) is 2.85. The van der Waals surface area contributed by atoms with Crippen molar-refractivity contribution in [2.75, 3.05) is 12.3 Å². The summed E-state index contributed by atoms with van der Waals surface area (Å²) in [6.45, 7) is 2.54. The van der Waals surface area contributed by atoms with E-state index in [2.05, 4.69) is 26.6 Å². The molecule has 1 amide bonds. The third-order valence-electron chi connectivity index (χ3n) is 3.26. The van der Waals surface area contributed by atoms with Crippen LogP contribution >= 0.6 is 11.8 Å². The summed E-state index contributed by atoms with van der Waals surface area (Å²) in [7, 11) is 0. The number of allylic oxidation sites excluding steroid dienone is 1. The summed E-state index contributed by atoms with van der Waals surface area (Å²) in [5.74, 6) is 0.277. The molecule has 4 N–H and O–H groups in total. The Morgan fingerprint density at radius 3 is 3.10 bits per heavy atom.